The third kappa shape index (κ3) is 3.16. The molecule has 0 saturated heterocycles. The van der Waals surface area contributed by atoms with Crippen LogP contribution in [-0.4, -0.2) is 31.9 Å². The molecule has 106 valence electrons. The molecule has 0 atom stereocenters. The van der Waals surface area contributed by atoms with Gasteiger partial charge < -0.3 is 5.73 Å². The second-order valence-electron chi connectivity index (χ2n) is 5.26. The van der Waals surface area contributed by atoms with Gasteiger partial charge in [-0.2, -0.15) is 4.31 Å². The lowest BCUT2D eigenvalue weighted by Gasteiger charge is -2.23. The second-order valence-corrected chi connectivity index (χ2v) is 7.12. The molecule has 19 heavy (non-hydrogen) atoms. The lowest BCUT2D eigenvalue weighted by molar-refractivity contribution is 0.399. The van der Waals surface area contributed by atoms with Crippen molar-refractivity contribution < 1.29 is 8.42 Å². The zero-order valence-electron chi connectivity index (χ0n) is 11.6. The fourth-order valence-corrected chi connectivity index (χ4v) is 4.26. The van der Waals surface area contributed by atoms with E-state index in [4.69, 9.17) is 5.73 Å². The first-order chi connectivity index (χ1) is 8.96. The highest BCUT2D eigenvalue weighted by Crippen LogP contribution is 2.33. The van der Waals surface area contributed by atoms with Gasteiger partial charge in [0.2, 0.25) is 10.0 Å². The molecule has 2 rings (SSSR count). The molecule has 1 aliphatic rings. The summed E-state index contributed by atoms with van der Waals surface area (Å²) in [5.74, 6) is 0. The smallest absolute Gasteiger partial charge is 0.243 e. The lowest BCUT2D eigenvalue weighted by atomic mass is 10.2. The van der Waals surface area contributed by atoms with Crippen molar-refractivity contribution in [2.24, 2.45) is 5.73 Å². The van der Waals surface area contributed by atoms with Crippen LogP contribution in [0.2, 0.25) is 0 Å². The van der Waals surface area contributed by atoms with Gasteiger partial charge in [-0.25, -0.2) is 8.42 Å². The van der Waals surface area contributed by atoms with Crippen molar-refractivity contribution >= 4 is 10.0 Å². The van der Waals surface area contributed by atoms with Crippen LogP contribution in [0.5, 0.6) is 0 Å². The van der Waals surface area contributed by atoms with Crippen LogP contribution in [0.25, 0.3) is 0 Å². The van der Waals surface area contributed by atoms with Gasteiger partial charge >= 0.3 is 0 Å². The molecule has 1 fully saturated rings. The van der Waals surface area contributed by atoms with Crippen LogP contribution in [-0.2, 0) is 10.0 Å². The number of benzene rings is 1. The highest BCUT2D eigenvalue weighted by molar-refractivity contribution is 7.89. The molecule has 1 aliphatic carbocycles. The van der Waals surface area contributed by atoms with Crippen LogP contribution in [0, 0.1) is 13.8 Å². The lowest BCUT2D eigenvalue weighted by Crippen LogP contribution is -2.35. The number of aryl methyl sites for hydroxylation is 2. The van der Waals surface area contributed by atoms with Crippen molar-refractivity contribution in [2.45, 2.75) is 44.0 Å². The van der Waals surface area contributed by atoms with Crippen molar-refractivity contribution in [1.29, 1.82) is 0 Å². The van der Waals surface area contributed by atoms with Crippen LogP contribution >= 0.6 is 0 Å². The number of nitrogens with two attached hydrogens (primary N) is 1. The minimum atomic E-state index is -3.39. The van der Waals surface area contributed by atoms with E-state index in [-0.39, 0.29) is 6.04 Å². The predicted octanol–water partition coefficient (Wildman–Crippen LogP) is 1.81. The van der Waals surface area contributed by atoms with Gasteiger partial charge in [0.05, 0.1) is 4.90 Å². The maximum absolute atomic E-state index is 12.8. The Morgan fingerprint density at radius 1 is 1.32 bits per heavy atom. The Labute approximate surface area is 115 Å². The van der Waals surface area contributed by atoms with Crippen LogP contribution in [0.3, 0.4) is 0 Å². The fourth-order valence-electron chi connectivity index (χ4n) is 2.22. The van der Waals surface area contributed by atoms with Crippen molar-refractivity contribution in [1.82, 2.24) is 4.31 Å². The molecule has 0 spiro atoms. The van der Waals surface area contributed by atoms with Gasteiger partial charge in [0.25, 0.3) is 0 Å². The number of nitrogens with zero attached hydrogens (tertiary/aromatic N) is 1. The van der Waals surface area contributed by atoms with Crippen LogP contribution in [0.4, 0.5) is 0 Å². The van der Waals surface area contributed by atoms with Crippen molar-refractivity contribution in [2.75, 3.05) is 13.1 Å². The molecular weight excluding hydrogens is 260 g/mol. The molecule has 4 nitrogen and oxygen atoms in total. The molecule has 2 N–H and O–H groups in total. The summed E-state index contributed by atoms with van der Waals surface area (Å²) in [6, 6.07) is 5.76. The summed E-state index contributed by atoms with van der Waals surface area (Å²) in [5.41, 5.74) is 7.29. The normalized spacial score (nSPS) is 16.0. The van der Waals surface area contributed by atoms with Gasteiger partial charge in [-0.3, -0.25) is 0 Å². The molecule has 1 aromatic carbocycles. The molecule has 0 radical (unpaired) electrons. The third-order valence-electron chi connectivity index (χ3n) is 3.47. The van der Waals surface area contributed by atoms with E-state index in [9.17, 15) is 8.42 Å². The number of sulfonamides is 1. The number of hydrogen-bond acceptors (Lipinski definition) is 3. The molecule has 0 unspecified atom stereocenters. The van der Waals surface area contributed by atoms with Crippen molar-refractivity contribution in [3.05, 3.63) is 29.3 Å². The SMILES string of the molecule is Cc1ccc(C)c(S(=O)(=O)N(CCCN)C2CC2)c1. The van der Waals surface area contributed by atoms with Gasteiger partial charge in [0.1, 0.15) is 0 Å². The summed E-state index contributed by atoms with van der Waals surface area (Å²) < 4.78 is 27.2. The van der Waals surface area contributed by atoms with Gasteiger partial charge in [0, 0.05) is 12.6 Å². The standard InChI is InChI=1S/C14H22N2O2S/c1-11-4-5-12(2)14(10-11)19(17,18)16(9-3-8-15)13-6-7-13/h4-5,10,13H,3,6-9,15H2,1-2H3. The van der Waals surface area contributed by atoms with E-state index in [2.05, 4.69) is 0 Å². The average molecular weight is 282 g/mol. The van der Waals surface area contributed by atoms with E-state index < -0.39 is 10.0 Å². The Balaban J connectivity index is 2.35. The monoisotopic (exact) mass is 282 g/mol. The maximum Gasteiger partial charge on any atom is 0.243 e. The summed E-state index contributed by atoms with van der Waals surface area (Å²) >= 11 is 0. The van der Waals surface area contributed by atoms with Crippen LogP contribution < -0.4 is 5.73 Å². The van der Waals surface area contributed by atoms with Gasteiger partial charge in [-0.15, -0.1) is 0 Å². The molecule has 1 aromatic rings. The summed E-state index contributed by atoms with van der Waals surface area (Å²) in [6.07, 6.45) is 2.64. The first-order valence-electron chi connectivity index (χ1n) is 6.76. The predicted molar refractivity (Wildman–Crippen MR) is 76.5 cm³/mol. The Kier molecular flexibility index (Phi) is 4.28. The molecule has 0 aliphatic heterocycles. The van der Waals surface area contributed by atoms with Crippen LogP contribution in [0.1, 0.15) is 30.4 Å². The minimum Gasteiger partial charge on any atom is -0.330 e. The largest absolute Gasteiger partial charge is 0.330 e. The molecule has 1 saturated carbocycles. The van der Waals surface area contributed by atoms with E-state index in [1.165, 1.54) is 0 Å². The van der Waals surface area contributed by atoms with E-state index >= 15 is 0 Å². The summed E-state index contributed by atoms with van der Waals surface area (Å²) in [6.45, 7) is 4.81. The minimum absolute atomic E-state index is 0.177. The average Bonchev–Trinajstić information content (AvgIpc) is 3.17. The molecule has 0 bridgehead atoms. The highest BCUT2D eigenvalue weighted by atomic mass is 32.2. The number of hydrogen-bond donors (Lipinski definition) is 1. The van der Waals surface area contributed by atoms with Gasteiger partial charge in [0.15, 0.2) is 0 Å². The summed E-state index contributed by atoms with van der Waals surface area (Å²) in [7, 11) is -3.39. The van der Waals surface area contributed by atoms with Crippen LogP contribution in [0.15, 0.2) is 23.1 Å². The zero-order chi connectivity index (χ0) is 14.0. The first-order valence-corrected chi connectivity index (χ1v) is 8.20. The van der Waals surface area contributed by atoms with E-state index in [1.54, 1.807) is 10.4 Å². The first kappa shape index (κ1) is 14.5. The van der Waals surface area contributed by atoms with Gasteiger partial charge in [-0.05, 0) is 56.8 Å². The Hall–Kier alpha value is -0.910. The Morgan fingerprint density at radius 2 is 2.00 bits per heavy atom. The Bertz CT molecular complexity index is 551. The summed E-state index contributed by atoms with van der Waals surface area (Å²) in [5, 5.41) is 0. The van der Waals surface area contributed by atoms with E-state index in [0.29, 0.717) is 24.4 Å². The molecule has 0 heterocycles. The van der Waals surface area contributed by atoms with E-state index in [1.807, 2.05) is 26.0 Å². The number of rotatable bonds is 6. The van der Waals surface area contributed by atoms with Crippen molar-refractivity contribution in [3.8, 4) is 0 Å². The quantitative estimate of drug-likeness (QED) is 0.865. The zero-order valence-corrected chi connectivity index (χ0v) is 12.4. The van der Waals surface area contributed by atoms with Gasteiger partial charge in [-0.1, -0.05) is 12.1 Å². The molecule has 5 heteroatoms. The second kappa shape index (κ2) is 5.61. The Morgan fingerprint density at radius 3 is 2.58 bits per heavy atom. The fraction of sp³-hybridized carbons (Fsp3) is 0.571. The summed E-state index contributed by atoms with van der Waals surface area (Å²) in [4.78, 5) is 0.441. The highest BCUT2D eigenvalue weighted by Gasteiger charge is 2.38. The van der Waals surface area contributed by atoms with E-state index in [0.717, 1.165) is 24.0 Å². The maximum atomic E-state index is 12.8. The topological polar surface area (TPSA) is 63.4 Å². The molecule has 0 amide bonds. The van der Waals surface area contributed by atoms with Crippen molar-refractivity contribution in [3.63, 3.8) is 0 Å². The molecule has 0 aromatic heterocycles. The third-order valence-corrected chi connectivity index (χ3v) is 5.56. The molecular formula is C14H22N2O2S.